The Hall–Kier alpha value is -3.12. The summed E-state index contributed by atoms with van der Waals surface area (Å²) in [6.07, 6.45) is -1.04. The van der Waals surface area contributed by atoms with Gasteiger partial charge in [0, 0.05) is 37.8 Å². The fourth-order valence-corrected chi connectivity index (χ4v) is 6.56. The molecule has 0 atom stereocenters. The number of anilines is 3. The van der Waals surface area contributed by atoms with Crippen LogP contribution in [0.1, 0.15) is 43.7 Å². The van der Waals surface area contributed by atoms with E-state index in [1.807, 2.05) is 24.3 Å². The third-order valence-electron chi connectivity index (χ3n) is 8.42. The molecule has 0 amide bonds. The van der Waals surface area contributed by atoms with Gasteiger partial charge in [0.2, 0.25) is 16.0 Å². The number of hydrogen-bond acceptors (Lipinski definition) is 7. The maximum atomic E-state index is 13.1. The van der Waals surface area contributed by atoms with Crippen LogP contribution >= 0.6 is 0 Å². The Kier molecular flexibility index (Phi) is 8.34. The number of halogens is 3. The molecule has 0 unspecified atom stereocenters. The lowest BCUT2D eigenvalue weighted by atomic mass is 9.71. The summed E-state index contributed by atoms with van der Waals surface area (Å²) >= 11 is 0. The van der Waals surface area contributed by atoms with E-state index in [2.05, 4.69) is 29.8 Å². The fraction of sp³-hybridized carbons (Fsp3) is 0.517. The van der Waals surface area contributed by atoms with Gasteiger partial charge in [-0.25, -0.2) is 13.4 Å². The number of benzene rings is 2. The maximum absolute atomic E-state index is 13.1. The smallest absolute Gasteiger partial charge is 0.357 e. The SMILES string of the molecule is CCS(=O)(=O)Nc1ccc(CN2CCC3(CC2)CCN(c2nc(NC)nc4ccc(CC(F)(F)F)cc24)CC3)cc1. The third kappa shape index (κ3) is 7.21. The Bertz CT molecular complexity index is 1460. The van der Waals surface area contributed by atoms with Crippen LogP contribution in [0.5, 0.6) is 0 Å². The lowest BCUT2D eigenvalue weighted by Crippen LogP contribution is -2.47. The molecule has 8 nitrogen and oxygen atoms in total. The summed E-state index contributed by atoms with van der Waals surface area (Å²) in [7, 11) is -1.55. The zero-order valence-corrected chi connectivity index (χ0v) is 24.3. The molecule has 0 aliphatic carbocycles. The minimum atomic E-state index is -4.27. The summed E-state index contributed by atoms with van der Waals surface area (Å²) in [5.41, 5.74) is 2.83. The summed E-state index contributed by atoms with van der Waals surface area (Å²) in [5.74, 6) is 1.19. The van der Waals surface area contributed by atoms with Crippen LogP contribution in [0, 0.1) is 5.41 Å². The first-order valence-electron chi connectivity index (χ1n) is 14.1. The highest BCUT2D eigenvalue weighted by Gasteiger charge is 2.38. The highest BCUT2D eigenvalue weighted by Crippen LogP contribution is 2.43. The molecule has 3 heterocycles. The van der Waals surface area contributed by atoms with Crippen molar-refractivity contribution >= 4 is 38.4 Å². The van der Waals surface area contributed by atoms with E-state index in [0.717, 1.165) is 64.0 Å². The molecule has 3 aromatic rings. The lowest BCUT2D eigenvalue weighted by molar-refractivity contribution is -0.127. The summed E-state index contributed by atoms with van der Waals surface area (Å²) in [6, 6.07) is 12.3. The number of aromatic nitrogens is 2. The molecule has 2 fully saturated rings. The van der Waals surface area contributed by atoms with Crippen LogP contribution in [0.4, 0.5) is 30.6 Å². The zero-order chi connectivity index (χ0) is 29.3. The van der Waals surface area contributed by atoms with E-state index >= 15 is 0 Å². The molecular formula is C29H37F3N6O2S. The first-order valence-corrected chi connectivity index (χ1v) is 15.7. The molecule has 2 saturated heterocycles. The Morgan fingerprint density at radius 2 is 1.56 bits per heavy atom. The molecule has 2 aromatic carbocycles. The van der Waals surface area contributed by atoms with Crippen LogP contribution in [-0.4, -0.2) is 68.4 Å². The molecule has 0 radical (unpaired) electrons. The van der Waals surface area contributed by atoms with Gasteiger partial charge in [-0.05, 0) is 86.5 Å². The number of alkyl halides is 3. The normalized spacial score (nSPS) is 18.1. The van der Waals surface area contributed by atoms with E-state index in [1.165, 1.54) is 6.07 Å². The molecule has 222 valence electrons. The molecule has 5 rings (SSSR count). The molecule has 0 saturated carbocycles. The van der Waals surface area contributed by atoms with E-state index < -0.39 is 22.6 Å². The van der Waals surface area contributed by atoms with Gasteiger partial charge in [0.05, 0.1) is 17.7 Å². The van der Waals surface area contributed by atoms with Crippen LogP contribution < -0.4 is 14.9 Å². The van der Waals surface area contributed by atoms with Gasteiger partial charge in [0.1, 0.15) is 5.82 Å². The highest BCUT2D eigenvalue weighted by atomic mass is 32.2. The van der Waals surface area contributed by atoms with Crippen LogP contribution in [-0.2, 0) is 23.0 Å². The topological polar surface area (TPSA) is 90.5 Å². The average Bonchev–Trinajstić information content (AvgIpc) is 2.94. The minimum Gasteiger partial charge on any atom is -0.357 e. The monoisotopic (exact) mass is 590 g/mol. The Balaban J connectivity index is 1.21. The van der Waals surface area contributed by atoms with Gasteiger partial charge < -0.3 is 10.2 Å². The second-order valence-corrected chi connectivity index (χ2v) is 13.2. The molecular weight excluding hydrogens is 553 g/mol. The standard InChI is InChI=1S/C29H37F3N6O2S/c1-3-41(39,40)36-23-7-4-21(5-8-23)20-37-14-10-28(11-15-37)12-16-38(17-13-28)26-24-18-22(19-29(30,31)32)6-9-25(24)34-27(33-2)35-26/h4-9,18,36H,3,10-17,19-20H2,1-2H3,(H,33,34,35). The van der Waals surface area contributed by atoms with Gasteiger partial charge in [-0.2, -0.15) is 18.2 Å². The van der Waals surface area contributed by atoms with Crippen LogP contribution in [0.2, 0.25) is 0 Å². The molecule has 0 bridgehead atoms. The van der Waals surface area contributed by atoms with E-state index in [9.17, 15) is 21.6 Å². The number of likely N-dealkylation sites (tertiary alicyclic amines) is 1. The van der Waals surface area contributed by atoms with Gasteiger partial charge in [-0.15, -0.1) is 0 Å². The Morgan fingerprint density at radius 1 is 0.927 bits per heavy atom. The molecule has 2 N–H and O–H groups in total. The average molecular weight is 591 g/mol. The maximum Gasteiger partial charge on any atom is 0.393 e. The second kappa shape index (κ2) is 11.6. The lowest BCUT2D eigenvalue weighted by Gasteiger charge is -2.47. The molecule has 41 heavy (non-hydrogen) atoms. The van der Waals surface area contributed by atoms with E-state index in [1.54, 1.807) is 26.1 Å². The van der Waals surface area contributed by atoms with Crippen molar-refractivity contribution in [1.29, 1.82) is 0 Å². The number of piperidine rings is 2. The van der Waals surface area contributed by atoms with Crippen LogP contribution in [0.25, 0.3) is 10.9 Å². The van der Waals surface area contributed by atoms with Crippen molar-refractivity contribution in [3.8, 4) is 0 Å². The summed E-state index contributed by atoms with van der Waals surface area (Å²) < 4.78 is 65.4. The largest absolute Gasteiger partial charge is 0.393 e. The number of hydrogen-bond donors (Lipinski definition) is 2. The number of nitrogens with zero attached hydrogens (tertiary/aromatic N) is 4. The van der Waals surface area contributed by atoms with E-state index in [-0.39, 0.29) is 16.7 Å². The molecule has 1 aromatic heterocycles. The Labute approximate surface area is 239 Å². The van der Waals surface area contributed by atoms with E-state index in [0.29, 0.717) is 28.4 Å². The van der Waals surface area contributed by atoms with Crippen molar-refractivity contribution in [1.82, 2.24) is 14.9 Å². The van der Waals surface area contributed by atoms with Crippen molar-refractivity contribution < 1.29 is 21.6 Å². The number of nitrogens with one attached hydrogen (secondary N) is 2. The molecule has 1 spiro atoms. The van der Waals surface area contributed by atoms with Crippen molar-refractivity contribution in [3.63, 3.8) is 0 Å². The highest BCUT2D eigenvalue weighted by molar-refractivity contribution is 7.92. The van der Waals surface area contributed by atoms with Crippen molar-refractivity contribution in [2.24, 2.45) is 5.41 Å². The molecule has 2 aliphatic rings. The summed E-state index contributed by atoms with van der Waals surface area (Å²) in [5, 5.41) is 3.64. The van der Waals surface area contributed by atoms with Crippen molar-refractivity contribution in [3.05, 3.63) is 53.6 Å². The molecule has 12 heteroatoms. The fourth-order valence-electron chi connectivity index (χ4n) is 5.92. The third-order valence-corrected chi connectivity index (χ3v) is 9.73. The summed E-state index contributed by atoms with van der Waals surface area (Å²) in [4.78, 5) is 13.8. The number of sulfonamides is 1. The minimum absolute atomic E-state index is 0.0393. The van der Waals surface area contributed by atoms with Gasteiger partial charge >= 0.3 is 6.18 Å². The zero-order valence-electron chi connectivity index (χ0n) is 23.5. The quantitative estimate of drug-likeness (QED) is 0.362. The number of fused-ring (bicyclic) bond motifs is 1. The predicted octanol–water partition coefficient (Wildman–Crippen LogP) is 5.42. The van der Waals surface area contributed by atoms with Gasteiger partial charge in [0.25, 0.3) is 0 Å². The van der Waals surface area contributed by atoms with Gasteiger partial charge in [-0.3, -0.25) is 9.62 Å². The predicted molar refractivity (Wildman–Crippen MR) is 157 cm³/mol. The first kappa shape index (κ1) is 29.4. The van der Waals surface area contributed by atoms with Gasteiger partial charge in [0.15, 0.2) is 0 Å². The van der Waals surface area contributed by atoms with Crippen molar-refractivity contribution in [2.45, 2.75) is 51.7 Å². The van der Waals surface area contributed by atoms with Crippen LogP contribution in [0.3, 0.4) is 0 Å². The van der Waals surface area contributed by atoms with Crippen LogP contribution in [0.15, 0.2) is 42.5 Å². The van der Waals surface area contributed by atoms with E-state index in [4.69, 9.17) is 0 Å². The number of rotatable bonds is 8. The first-order chi connectivity index (χ1) is 19.5. The Morgan fingerprint density at radius 3 is 2.17 bits per heavy atom. The van der Waals surface area contributed by atoms with Crippen molar-refractivity contribution in [2.75, 3.05) is 53.9 Å². The summed E-state index contributed by atoms with van der Waals surface area (Å²) in [6.45, 7) is 6.01. The second-order valence-electron chi connectivity index (χ2n) is 11.2. The molecule has 2 aliphatic heterocycles. The van der Waals surface area contributed by atoms with Gasteiger partial charge in [-0.1, -0.05) is 18.2 Å².